The van der Waals surface area contributed by atoms with E-state index in [1.165, 1.54) is 23.7 Å². The molecule has 328 valence electrons. The molecule has 0 amide bonds. The molecule has 0 radical (unpaired) electrons. The zero-order valence-corrected chi connectivity index (χ0v) is 42.3. The Balaban J connectivity index is 0.000000153. The summed E-state index contributed by atoms with van der Waals surface area (Å²) in [6, 6.07) is 44.5. The van der Waals surface area contributed by atoms with E-state index >= 15 is 0 Å². The number of rotatable bonds is 8. The van der Waals surface area contributed by atoms with Crippen LogP contribution >= 0.6 is 68.4 Å². The number of fused-ring (bicyclic) bond motifs is 4. The molecule has 6 aromatic carbocycles. The highest BCUT2D eigenvalue weighted by molar-refractivity contribution is 14.1. The number of ether oxygens (including phenoxy) is 2. The van der Waals surface area contributed by atoms with E-state index in [1.54, 1.807) is 26.4 Å². The minimum Gasteiger partial charge on any atom is -0.497 e. The molecule has 0 bridgehead atoms. The topological polar surface area (TPSA) is 92.1 Å². The number of nitrogens with zero attached hydrogens (tertiary/aromatic N) is 4. The fourth-order valence-electron chi connectivity index (χ4n) is 7.90. The number of halogens is 4. The van der Waals surface area contributed by atoms with Gasteiger partial charge in [0.25, 0.3) is 0 Å². The van der Waals surface area contributed by atoms with Crippen molar-refractivity contribution in [2.45, 2.75) is 19.9 Å². The average Bonchev–Trinajstić information content (AvgIpc) is 3.82. The van der Waals surface area contributed by atoms with Crippen LogP contribution in [0.1, 0.15) is 18.1 Å². The van der Waals surface area contributed by atoms with Gasteiger partial charge >= 0.3 is 0 Å². The van der Waals surface area contributed by atoms with Gasteiger partial charge < -0.3 is 29.7 Å². The fourth-order valence-corrected chi connectivity index (χ4v) is 9.22. The Morgan fingerprint density at radius 3 is 1.51 bits per heavy atom. The highest BCUT2D eigenvalue weighted by Gasteiger charge is 2.16. The summed E-state index contributed by atoms with van der Waals surface area (Å²) in [6.45, 7) is 2.88. The molecule has 12 heteroatoms. The highest BCUT2D eigenvalue weighted by atomic mass is 127. The summed E-state index contributed by atoms with van der Waals surface area (Å²) in [7, 11) is 7.42. The van der Waals surface area contributed by atoms with Gasteiger partial charge in [-0.2, -0.15) is 0 Å². The van der Waals surface area contributed by atoms with E-state index in [2.05, 4.69) is 154 Å². The van der Waals surface area contributed by atoms with Crippen molar-refractivity contribution in [3.8, 4) is 34.0 Å². The van der Waals surface area contributed by atoms with E-state index in [-0.39, 0.29) is 0 Å². The molecule has 0 saturated carbocycles. The second-order valence-corrected chi connectivity index (χ2v) is 18.9. The first-order chi connectivity index (χ1) is 31.4. The number of nitrogens with one attached hydrogen (secondary N) is 1. The highest BCUT2D eigenvalue weighted by Crippen LogP contribution is 2.36. The van der Waals surface area contributed by atoms with Gasteiger partial charge in [-0.05, 0) is 196 Å². The predicted molar refractivity (Wildman–Crippen MR) is 290 cm³/mol. The van der Waals surface area contributed by atoms with Gasteiger partial charge in [0.1, 0.15) is 11.5 Å². The van der Waals surface area contributed by atoms with Crippen LogP contribution in [0.5, 0.6) is 11.5 Å². The molecule has 8 nitrogen and oxygen atoms in total. The Hall–Kier alpha value is -5.54. The summed E-state index contributed by atoms with van der Waals surface area (Å²) < 4.78 is 16.9. The first kappa shape index (κ1) is 46.0. The van der Waals surface area contributed by atoms with Crippen LogP contribution in [0.4, 0.5) is 11.4 Å². The molecule has 0 fully saturated rings. The molecule has 0 aliphatic heterocycles. The molecule has 3 N–H and O–H groups in total. The van der Waals surface area contributed by atoms with Crippen molar-refractivity contribution in [2.24, 2.45) is 14.1 Å². The standard InChI is InChI=1S/C26H21ClIN3O.C20H16ClIN2.C7H9NO/c1-31-15-23(22-12-17(27)3-10-26(22)31)25-11-16(21-13-18(28)4-9-24(21)30-25)14-29-19-5-7-20(32-2)8-6-19;1-3-12-8-19(23-18-6-5-14(22)10-15(12)18)17-11-24(2)20-7-4-13(21)9-16(17)20;1-9-7-4-2-6(8)3-5-7/h3-13,15,29H,14H2,1-2H3;4-11H,3H2,1-2H3;2-5H,8H2,1H3. The second kappa shape index (κ2) is 20.3. The van der Waals surface area contributed by atoms with Crippen LogP contribution in [-0.2, 0) is 27.1 Å². The maximum Gasteiger partial charge on any atom is 0.119 e. The van der Waals surface area contributed by atoms with Crippen LogP contribution in [0.2, 0.25) is 10.0 Å². The van der Waals surface area contributed by atoms with Crippen molar-refractivity contribution in [1.29, 1.82) is 0 Å². The maximum absolute atomic E-state index is 6.32. The number of pyridine rings is 2. The summed E-state index contributed by atoms with van der Waals surface area (Å²) in [5.41, 5.74) is 18.2. The van der Waals surface area contributed by atoms with Gasteiger partial charge in [-0.1, -0.05) is 30.1 Å². The van der Waals surface area contributed by atoms with Crippen LogP contribution in [0.15, 0.2) is 146 Å². The molecule has 4 aromatic heterocycles. The average molecular weight is 1120 g/mol. The molecule has 4 heterocycles. The Kier molecular flexibility index (Phi) is 14.4. The minimum atomic E-state index is 0.684. The lowest BCUT2D eigenvalue weighted by molar-refractivity contribution is 0.415. The van der Waals surface area contributed by atoms with Crippen molar-refractivity contribution < 1.29 is 9.47 Å². The molecule has 0 spiro atoms. The molecule has 0 atom stereocenters. The van der Waals surface area contributed by atoms with Gasteiger partial charge in [0.15, 0.2) is 0 Å². The van der Waals surface area contributed by atoms with Gasteiger partial charge in [0, 0.05) is 105 Å². The Morgan fingerprint density at radius 2 is 1.03 bits per heavy atom. The second-order valence-electron chi connectivity index (χ2n) is 15.5. The van der Waals surface area contributed by atoms with E-state index < -0.39 is 0 Å². The third kappa shape index (κ3) is 10.5. The van der Waals surface area contributed by atoms with Crippen molar-refractivity contribution >= 4 is 123 Å². The number of hydrogen-bond acceptors (Lipinski definition) is 6. The van der Waals surface area contributed by atoms with Crippen molar-refractivity contribution in [1.82, 2.24) is 19.1 Å². The van der Waals surface area contributed by atoms with Gasteiger partial charge in [0.2, 0.25) is 0 Å². The molecular formula is C53H46Cl2I2N6O2. The third-order valence-corrected chi connectivity index (χ3v) is 13.0. The first-order valence-corrected chi connectivity index (χ1v) is 23.8. The van der Waals surface area contributed by atoms with Gasteiger partial charge in [0.05, 0.1) is 36.6 Å². The summed E-state index contributed by atoms with van der Waals surface area (Å²) in [5, 5.41) is 9.66. The zero-order chi connectivity index (χ0) is 45.8. The van der Waals surface area contributed by atoms with Crippen molar-refractivity contribution in [3.05, 3.63) is 174 Å². The number of anilines is 2. The molecule has 0 saturated heterocycles. The SMILES string of the molecule is CCc1cc(-c2cn(C)c3ccc(Cl)cc23)nc2ccc(I)cc12.COc1ccc(N)cc1.COc1ccc(NCc2cc(-c3cn(C)c4ccc(Cl)cc34)nc3ccc(I)cc23)cc1. The lowest BCUT2D eigenvalue weighted by Crippen LogP contribution is -2.02. The number of benzene rings is 6. The van der Waals surface area contributed by atoms with Crippen molar-refractivity contribution in [3.63, 3.8) is 0 Å². The zero-order valence-electron chi connectivity index (χ0n) is 36.5. The molecule has 65 heavy (non-hydrogen) atoms. The van der Waals surface area contributed by atoms with Crippen LogP contribution in [0.3, 0.4) is 0 Å². The molecule has 0 aliphatic carbocycles. The van der Waals surface area contributed by atoms with Crippen molar-refractivity contribution in [2.75, 3.05) is 25.3 Å². The monoisotopic (exact) mass is 1120 g/mol. The van der Waals surface area contributed by atoms with Crippen LogP contribution < -0.4 is 20.5 Å². The van der Waals surface area contributed by atoms with Gasteiger partial charge in [-0.25, -0.2) is 9.97 Å². The lowest BCUT2D eigenvalue weighted by atomic mass is 10.0. The van der Waals surface area contributed by atoms with E-state index in [9.17, 15) is 0 Å². The molecule has 10 aromatic rings. The third-order valence-electron chi connectivity index (χ3n) is 11.2. The summed E-state index contributed by atoms with van der Waals surface area (Å²) >= 11 is 17.3. The lowest BCUT2D eigenvalue weighted by Gasteiger charge is -2.12. The van der Waals surface area contributed by atoms with E-state index in [1.807, 2.05) is 60.7 Å². The van der Waals surface area contributed by atoms with Crippen LogP contribution in [0, 0.1) is 7.14 Å². The van der Waals surface area contributed by atoms with E-state index in [0.29, 0.717) is 6.54 Å². The summed E-state index contributed by atoms with van der Waals surface area (Å²) in [4.78, 5) is 9.94. The Morgan fingerprint density at radius 1 is 0.569 bits per heavy atom. The Bertz CT molecular complexity index is 3310. The number of methoxy groups -OCH3 is 2. The van der Waals surface area contributed by atoms with E-state index in [4.69, 9.17) is 48.4 Å². The van der Waals surface area contributed by atoms with Crippen LogP contribution in [0.25, 0.3) is 66.1 Å². The smallest absolute Gasteiger partial charge is 0.119 e. The number of hydrogen-bond donors (Lipinski definition) is 2. The largest absolute Gasteiger partial charge is 0.497 e. The number of nitrogen functional groups attached to an aromatic ring is 1. The number of nitrogens with two attached hydrogens (primary N) is 1. The molecule has 0 aliphatic rings. The summed E-state index contributed by atoms with van der Waals surface area (Å²) in [6.07, 6.45) is 5.25. The predicted octanol–water partition coefficient (Wildman–Crippen LogP) is 14.8. The minimum absolute atomic E-state index is 0.684. The van der Waals surface area contributed by atoms with E-state index in [0.717, 1.165) is 100 Å². The maximum atomic E-state index is 6.32. The molecule has 0 unspecified atom stereocenters. The van der Waals surface area contributed by atoms with Crippen LogP contribution in [-0.4, -0.2) is 33.3 Å². The molecule has 10 rings (SSSR count). The quantitative estimate of drug-likeness (QED) is 0.116. The first-order valence-electron chi connectivity index (χ1n) is 20.9. The number of aryl methyl sites for hydroxylation is 3. The van der Waals surface area contributed by atoms with Gasteiger partial charge in [-0.3, -0.25) is 0 Å². The number of aromatic nitrogens is 4. The normalized spacial score (nSPS) is 11.0. The fraction of sp³-hybridized carbons (Fsp3) is 0.132. The summed E-state index contributed by atoms with van der Waals surface area (Å²) in [5.74, 6) is 1.68. The molecular weight excluding hydrogens is 1080 g/mol. The van der Waals surface area contributed by atoms with Gasteiger partial charge in [-0.15, -0.1) is 0 Å². The Labute approximate surface area is 416 Å².